The second-order valence-corrected chi connectivity index (χ2v) is 7.67. The van der Waals surface area contributed by atoms with Crippen molar-refractivity contribution in [2.45, 2.75) is 39.0 Å². The predicted molar refractivity (Wildman–Crippen MR) is 115 cm³/mol. The Labute approximate surface area is 176 Å². The van der Waals surface area contributed by atoms with Crippen molar-refractivity contribution >= 4 is 6.29 Å². The van der Waals surface area contributed by atoms with Crippen LogP contribution in [0, 0.1) is 25.5 Å². The van der Waals surface area contributed by atoms with Crippen molar-refractivity contribution in [3.8, 4) is 5.75 Å². The van der Waals surface area contributed by atoms with Crippen molar-refractivity contribution in [2.24, 2.45) is 0 Å². The van der Waals surface area contributed by atoms with Crippen LogP contribution in [0.3, 0.4) is 0 Å². The Morgan fingerprint density at radius 1 is 0.900 bits per heavy atom. The highest BCUT2D eigenvalue weighted by atomic mass is 19.2. The van der Waals surface area contributed by atoms with Crippen LogP contribution in [0.4, 0.5) is 8.78 Å². The first-order valence-corrected chi connectivity index (χ1v) is 10.2. The molecule has 0 aliphatic heterocycles. The standard InChI is InChI=1S/C26H26F2O2/c1-18-5-6-21(14-19(18)2)15-22(23-9-12-25(27)26(28)16-23)4-3-13-30-24-10-7-20(17-29)8-11-24/h5-12,14,16-17,22H,3-4,13,15H2,1-2H3. The van der Waals surface area contributed by atoms with Crippen LogP contribution in [-0.4, -0.2) is 12.9 Å². The fraction of sp³-hybridized carbons (Fsp3) is 0.269. The molecule has 0 fully saturated rings. The van der Waals surface area contributed by atoms with Gasteiger partial charge in [0.2, 0.25) is 0 Å². The van der Waals surface area contributed by atoms with E-state index in [0.29, 0.717) is 17.9 Å². The third kappa shape index (κ3) is 5.76. The summed E-state index contributed by atoms with van der Waals surface area (Å²) >= 11 is 0. The van der Waals surface area contributed by atoms with Gasteiger partial charge in [-0.1, -0.05) is 24.3 Å². The fourth-order valence-electron chi connectivity index (χ4n) is 3.53. The highest BCUT2D eigenvalue weighted by Gasteiger charge is 2.15. The first-order valence-electron chi connectivity index (χ1n) is 10.2. The normalized spacial score (nSPS) is 11.9. The lowest BCUT2D eigenvalue weighted by Crippen LogP contribution is -2.07. The molecule has 0 amide bonds. The minimum Gasteiger partial charge on any atom is -0.494 e. The lowest BCUT2D eigenvalue weighted by molar-refractivity contribution is 0.112. The predicted octanol–water partition coefficient (Wildman–Crippen LogP) is 6.58. The van der Waals surface area contributed by atoms with Gasteiger partial charge in [0.1, 0.15) is 12.0 Å². The number of carbonyl (C=O) groups is 1. The molecule has 3 aromatic carbocycles. The van der Waals surface area contributed by atoms with E-state index in [4.69, 9.17) is 4.74 Å². The van der Waals surface area contributed by atoms with Crippen LogP contribution in [0.25, 0.3) is 0 Å². The van der Waals surface area contributed by atoms with Crippen LogP contribution >= 0.6 is 0 Å². The van der Waals surface area contributed by atoms with Crippen molar-refractivity contribution in [2.75, 3.05) is 6.61 Å². The van der Waals surface area contributed by atoms with Gasteiger partial charge in [-0.3, -0.25) is 4.79 Å². The van der Waals surface area contributed by atoms with Gasteiger partial charge < -0.3 is 4.74 Å². The average Bonchev–Trinajstić information content (AvgIpc) is 2.75. The summed E-state index contributed by atoms with van der Waals surface area (Å²) in [5, 5.41) is 0. The molecular weight excluding hydrogens is 382 g/mol. The summed E-state index contributed by atoms with van der Waals surface area (Å²) in [6.07, 6.45) is 3.09. The molecule has 3 rings (SSSR count). The second kappa shape index (κ2) is 10.1. The zero-order valence-corrected chi connectivity index (χ0v) is 17.3. The van der Waals surface area contributed by atoms with Gasteiger partial charge >= 0.3 is 0 Å². The maximum Gasteiger partial charge on any atom is 0.159 e. The van der Waals surface area contributed by atoms with Crippen LogP contribution in [0.5, 0.6) is 5.75 Å². The van der Waals surface area contributed by atoms with E-state index in [2.05, 4.69) is 32.0 Å². The molecule has 0 aliphatic rings. The van der Waals surface area contributed by atoms with E-state index in [1.807, 2.05) is 0 Å². The summed E-state index contributed by atoms with van der Waals surface area (Å²) in [6, 6.07) is 17.5. The van der Waals surface area contributed by atoms with Crippen molar-refractivity contribution in [1.29, 1.82) is 0 Å². The molecule has 0 saturated heterocycles. The summed E-state index contributed by atoms with van der Waals surface area (Å²) in [7, 11) is 0. The maximum atomic E-state index is 13.8. The van der Waals surface area contributed by atoms with Gasteiger partial charge in [0.15, 0.2) is 11.6 Å². The largest absolute Gasteiger partial charge is 0.494 e. The number of aldehydes is 1. The summed E-state index contributed by atoms with van der Waals surface area (Å²) in [6.45, 7) is 4.66. The Balaban J connectivity index is 1.67. The Bertz CT molecular complexity index is 996. The third-order valence-electron chi connectivity index (χ3n) is 5.45. The summed E-state index contributed by atoms with van der Waals surface area (Å²) in [5.41, 5.74) is 5.03. The molecule has 3 aromatic rings. The van der Waals surface area contributed by atoms with E-state index in [0.717, 1.165) is 31.1 Å². The number of rotatable bonds is 9. The quantitative estimate of drug-likeness (QED) is 0.295. The Morgan fingerprint density at radius 3 is 2.33 bits per heavy atom. The van der Waals surface area contributed by atoms with Crippen LogP contribution in [0.2, 0.25) is 0 Å². The Morgan fingerprint density at radius 2 is 1.67 bits per heavy atom. The monoisotopic (exact) mass is 408 g/mol. The van der Waals surface area contributed by atoms with Crippen molar-refractivity contribution in [3.63, 3.8) is 0 Å². The zero-order valence-electron chi connectivity index (χ0n) is 17.3. The van der Waals surface area contributed by atoms with E-state index >= 15 is 0 Å². The van der Waals surface area contributed by atoms with Gasteiger partial charge in [-0.25, -0.2) is 8.78 Å². The van der Waals surface area contributed by atoms with Gasteiger partial charge in [-0.2, -0.15) is 0 Å². The molecule has 1 atom stereocenters. The maximum absolute atomic E-state index is 13.8. The molecule has 0 aromatic heterocycles. The lowest BCUT2D eigenvalue weighted by atomic mass is 9.87. The van der Waals surface area contributed by atoms with E-state index in [1.54, 1.807) is 30.3 Å². The SMILES string of the molecule is Cc1ccc(CC(CCCOc2ccc(C=O)cc2)c2ccc(F)c(F)c2)cc1C. The van der Waals surface area contributed by atoms with Gasteiger partial charge in [-0.05, 0) is 97.7 Å². The molecular formula is C26H26F2O2. The first kappa shape index (κ1) is 21.7. The van der Waals surface area contributed by atoms with Crippen molar-refractivity contribution < 1.29 is 18.3 Å². The van der Waals surface area contributed by atoms with E-state index < -0.39 is 11.6 Å². The molecule has 30 heavy (non-hydrogen) atoms. The molecule has 0 saturated carbocycles. The van der Waals surface area contributed by atoms with E-state index in [-0.39, 0.29) is 5.92 Å². The molecule has 4 heteroatoms. The highest BCUT2D eigenvalue weighted by molar-refractivity contribution is 5.74. The number of aryl methyl sites for hydroxylation is 2. The van der Waals surface area contributed by atoms with E-state index in [9.17, 15) is 13.6 Å². The molecule has 0 N–H and O–H groups in total. The molecule has 2 nitrogen and oxygen atoms in total. The average molecular weight is 408 g/mol. The van der Waals surface area contributed by atoms with E-state index in [1.165, 1.54) is 28.8 Å². The highest BCUT2D eigenvalue weighted by Crippen LogP contribution is 2.28. The van der Waals surface area contributed by atoms with Gasteiger partial charge in [0, 0.05) is 5.56 Å². The van der Waals surface area contributed by atoms with Crippen LogP contribution in [0.15, 0.2) is 60.7 Å². The minimum absolute atomic E-state index is 0.0586. The molecule has 0 heterocycles. The number of carbonyl (C=O) groups excluding carboxylic acids is 1. The number of hydrogen-bond acceptors (Lipinski definition) is 2. The summed E-state index contributed by atoms with van der Waals surface area (Å²) in [4.78, 5) is 10.7. The Hall–Kier alpha value is -3.01. The molecule has 0 aliphatic carbocycles. The first-order chi connectivity index (χ1) is 14.5. The minimum atomic E-state index is -0.828. The second-order valence-electron chi connectivity index (χ2n) is 7.67. The summed E-state index contributed by atoms with van der Waals surface area (Å²) in [5.74, 6) is -0.878. The lowest BCUT2D eigenvalue weighted by Gasteiger charge is -2.19. The molecule has 1 unspecified atom stereocenters. The van der Waals surface area contributed by atoms with Crippen molar-refractivity contribution in [3.05, 3.63) is 100 Å². The number of benzene rings is 3. The van der Waals surface area contributed by atoms with Gasteiger partial charge in [0.25, 0.3) is 0 Å². The molecule has 156 valence electrons. The molecule has 0 spiro atoms. The third-order valence-corrected chi connectivity index (χ3v) is 5.45. The zero-order chi connectivity index (χ0) is 21.5. The topological polar surface area (TPSA) is 26.3 Å². The number of hydrogen-bond donors (Lipinski definition) is 0. The fourth-order valence-corrected chi connectivity index (χ4v) is 3.53. The molecule has 0 radical (unpaired) electrons. The van der Waals surface area contributed by atoms with Crippen molar-refractivity contribution in [1.82, 2.24) is 0 Å². The number of halogens is 2. The van der Waals surface area contributed by atoms with Crippen LogP contribution in [-0.2, 0) is 6.42 Å². The summed E-state index contributed by atoms with van der Waals surface area (Å²) < 4.78 is 33.0. The smallest absolute Gasteiger partial charge is 0.159 e. The van der Waals surface area contributed by atoms with Gasteiger partial charge in [-0.15, -0.1) is 0 Å². The molecule has 0 bridgehead atoms. The Kier molecular flexibility index (Phi) is 7.34. The van der Waals surface area contributed by atoms with Gasteiger partial charge in [0.05, 0.1) is 6.61 Å². The van der Waals surface area contributed by atoms with Crippen LogP contribution < -0.4 is 4.74 Å². The van der Waals surface area contributed by atoms with Crippen LogP contribution in [0.1, 0.15) is 51.4 Å². The number of ether oxygens (including phenoxy) is 1.